The van der Waals surface area contributed by atoms with Gasteiger partial charge in [0.1, 0.15) is 6.10 Å². The number of esters is 1. The zero-order valence-corrected chi connectivity index (χ0v) is 38.5. The van der Waals surface area contributed by atoms with Gasteiger partial charge in [-0.3, -0.25) is 19.2 Å². The van der Waals surface area contributed by atoms with Crippen LogP contribution < -0.4 is 0 Å². The van der Waals surface area contributed by atoms with Crippen molar-refractivity contribution in [1.29, 1.82) is 0 Å². The van der Waals surface area contributed by atoms with E-state index in [1.54, 1.807) is 20.8 Å². The summed E-state index contributed by atoms with van der Waals surface area (Å²) in [5.74, 6) is 0.304. The minimum absolute atomic E-state index is 0.0218. The number of carboxylic acid groups (broad SMARTS) is 1. The van der Waals surface area contributed by atoms with E-state index in [-0.39, 0.29) is 51.4 Å². The molecule has 6 rings (SSSR count). The maximum absolute atomic E-state index is 14.3. The van der Waals surface area contributed by atoms with Crippen LogP contribution in [0.15, 0.2) is 29.3 Å². The lowest BCUT2D eigenvalue weighted by molar-refractivity contribution is -0.233. The molecule has 8 nitrogen and oxygen atoms in total. The average molecular weight is 822 g/mol. The summed E-state index contributed by atoms with van der Waals surface area (Å²) in [6, 6.07) is 5.98. The lowest BCUT2D eigenvalue weighted by atomic mass is 9.33. The number of fused-ring (bicyclic) bond motifs is 7. The lowest BCUT2D eigenvalue weighted by Crippen LogP contribution is -2.65. The smallest absolute Gasteiger partial charge is 0.309 e. The molecule has 4 fully saturated rings. The predicted octanol–water partition coefficient (Wildman–Crippen LogP) is 10.5. The molecule has 0 radical (unpaired) electrons. The Kier molecular flexibility index (Phi) is 12.1. The number of Topliss-reactive ketones (excluding diaryl/α,β-unsaturated/α-hetero) is 1. The van der Waals surface area contributed by atoms with Crippen LogP contribution in [0.1, 0.15) is 151 Å². The zero-order valence-electron chi connectivity index (χ0n) is 37.8. The predicted molar refractivity (Wildman–Crippen MR) is 230 cm³/mol. The topological polar surface area (TPSA) is 104 Å². The van der Waals surface area contributed by atoms with Gasteiger partial charge in [0.05, 0.1) is 11.8 Å². The van der Waals surface area contributed by atoms with Crippen LogP contribution in [0.5, 0.6) is 0 Å². The summed E-state index contributed by atoms with van der Waals surface area (Å²) < 4.78 is 6.20. The van der Waals surface area contributed by atoms with E-state index in [2.05, 4.69) is 59.4 Å². The Labute approximate surface area is 354 Å². The molecule has 0 aliphatic heterocycles. The number of amides is 1. The number of carbonyl (C=O) groups excluding carboxylic acids is 3. The van der Waals surface area contributed by atoms with Gasteiger partial charge in [-0.1, -0.05) is 71.7 Å². The first-order valence-electron chi connectivity index (χ1n) is 22.2. The minimum atomic E-state index is -1.17. The molecule has 0 bridgehead atoms. The number of carboxylic acids is 1. The summed E-state index contributed by atoms with van der Waals surface area (Å²) in [6.07, 6.45) is 9.11. The van der Waals surface area contributed by atoms with Crippen molar-refractivity contribution in [3.63, 3.8) is 0 Å². The Bertz CT molecular complexity index is 1850. The fourth-order valence-electron chi connectivity index (χ4n) is 14.0. The summed E-state index contributed by atoms with van der Waals surface area (Å²) in [4.78, 5) is 56.7. The number of ketones is 1. The maximum Gasteiger partial charge on any atom is 0.309 e. The molecular weight excluding hydrogens is 748 g/mol. The number of hydrogen-bond acceptors (Lipinski definition) is 6. The van der Waals surface area contributed by atoms with E-state index in [9.17, 15) is 24.3 Å². The van der Waals surface area contributed by atoms with Crippen LogP contribution in [0.4, 0.5) is 0 Å². The van der Waals surface area contributed by atoms with Gasteiger partial charge in [0.2, 0.25) is 5.91 Å². The molecule has 1 amide bonds. The molecule has 1 unspecified atom stereocenters. The molecule has 322 valence electrons. The minimum Gasteiger partial charge on any atom is -0.481 e. The van der Waals surface area contributed by atoms with Gasteiger partial charge < -0.3 is 19.6 Å². The van der Waals surface area contributed by atoms with E-state index in [4.69, 9.17) is 16.3 Å². The number of hydrogen-bond donors (Lipinski definition) is 1. The first-order chi connectivity index (χ1) is 26.8. The van der Waals surface area contributed by atoms with Crippen molar-refractivity contribution in [2.45, 2.75) is 159 Å². The molecule has 0 spiro atoms. The van der Waals surface area contributed by atoms with Gasteiger partial charge >= 0.3 is 11.9 Å². The normalized spacial score (nSPS) is 34.3. The number of allylic oxidation sites excluding steroid dienone is 2. The Morgan fingerprint density at radius 3 is 2.22 bits per heavy atom. The Morgan fingerprint density at radius 2 is 1.60 bits per heavy atom. The van der Waals surface area contributed by atoms with Gasteiger partial charge in [-0.05, 0) is 154 Å². The van der Waals surface area contributed by atoms with Crippen molar-refractivity contribution < 1.29 is 29.0 Å². The number of carbonyl (C=O) groups is 4. The van der Waals surface area contributed by atoms with Crippen LogP contribution in [0, 0.1) is 56.2 Å². The monoisotopic (exact) mass is 821 g/mol. The summed E-state index contributed by atoms with van der Waals surface area (Å²) in [5, 5.41) is 10.3. The SMILES string of the molecule is CC(=O)N(CCC12CC[C@]3(C)[C@H](CC[C@@H]4[C@@]5(C)CC[C@H](OC(=O)CC(C)(C)C(=O)O)C(C)(C)[C@@H]5CC[C@]43C)C1=C(C(C)C)C(=O)C2)Cc1ccc(Cl)cc1CN(C)C. The highest BCUT2D eigenvalue weighted by Crippen LogP contribution is 2.77. The zero-order chi connectivity index (χ0) is 43.0. The van der Waals surface area contributed by atoms with Crippen LogP contribution in [-0.4, -0.2) is 65.3 Å². The van der Waals surface area contributed by atoms with Crippen LogP contribution in [0.3, 0.4) is 0 Å². The highest BCUT2D eigenvalue weighted by Gasteiger charge is 2.70. The molecule has 5 aliphatic carbocycles. The maximum atomic E-state index is 14.3. The number of halogens is 1. The number of rotatable bonds is 12. The van der Waals surface area contributed by atoms with Crippen molar-refractivity contribution in [3.05, 3.63) is 45.5 Å². The van der Waals surface area contributed by atoms with E-state index >= 15 is 0 Å². The van der Waals surface area contributed by atoms with Crippen molar-refractivity contribution >= 4 is 35.2 Å². The van der Waals surface area contributed by atoms with Crippen LogP contribution in [0.25, 0.3) is 0 Å². The molecule has 9 heteroatoms. The molecule has 1 aromatic rings. The second kappa shape index (κ2) is 15.6. The van der Waals surface area contributed by atoms with E-state index in [0.717, 1.165) is 81.0 Å². The first-order valence-corrected chi connectivity index (χ1v) is 22.6. The van der Waals surface area contributed by atoms with Crippen molar-refractivity contribution in [1.82, 2.24) is 9.80 Å². The second-order valence-corrected chi connectivity index (χ2v) is 22.5. The second-order valence-electron chi connectivity index (χ2n) is 22.0. The molecule has 58 heavy (non-hydrogen) atoms. The molecular formula is C49H73ClN2O6. The molecule has 0 aromatic heterocycles. The Balaban J connectivity index is 1.27. The highest BCUT2D eigenvalue weighted by molar-refractivity contribution is 6.30. The summed E-state index contributed by atoms with van der Waals surface area (Å²) in [6.45, 7) is 23.4. The van der Waals surface area contributed by atoms with Gasteiger partial charge in [-0.2, -0.15) is 0 Å². The van der Waals surface area contributed by atoms with E-state index in [1.165, 1.54) is 5.57 Å². The number of benzene rings is 1. The largest absolute Gasteiger partial charge is 0.481 e. The molecule has 4 saturated carbocycles. The van der Waals surface area contributed by atoms with Crippen molar-refractivity contribution in [2.24, 2.45) is 56.2 Å². The molecule has 0 saturated heterocycles. The fraction of sp³-hybridized carbons (Fsp3) is 0.755. The van der Waals surface area contributed by atoms with E-state index < -0.39 is 17.4 Å². The number of nitrogens with zero attached hydrogens (tertiary/aromatic N) is 2. The van der Waals surface area contributed by atoms with Gasteiger partial charge in [0.15, 0.2) is 5.78 Å². The van der Waals surface area contributed by atoms with E-state index in [1.807, 2.05) is 31.1 Å². The summed E-state index contributed by atoms with van der Waals surface area (Å²) in [5.41, 5.74) is 3.26. The number of ether oxygens (including phenoxy) is 1. The summed E-state index contributed by atoms with van der Waals surface area (Å²) >= 11 is 6.43. The van der Waals surface area contributed by atoms with Crippen LogP contribution >= 0.6 is 11.6 Å². The standard InChI is InChI=1S/C49H73ClN2O6/c1-30(2)41-36(54)26-49(23-24-52(31(3)53)29-32-13-14-34(50)25-33(32)28-51(11)12)22-21-47(9)35(42(41)49)15-16-38-46(8)19-18-39(58-40(55)27-44(4,5)43(56)57)45(6,7)37(46)17-20-48(38,47)10/h13-14,25,30,35,37-39H,15-24,26-29H2,1-12H3,(H,56,57)/t35-,37+,38-,39+,46+,47-,48-,49?/m1/s1. The molecule has 8 atom stereocenters. The third kappa shape index (κ3) is 7.51. The number of aliphatic carboxylic acids is 1. The van der Waals surface area contributed by atoms with Gasteiger partial charge in [-0.25, -0.2) is 0 Å². The van der Waals surface area contributed by atoms with Crippen molar-refractivity contribution in [2.75, 3.05) is 20.6 Å². The third-order valence-corrected chi connectivity index (χ3v) is 17.5. The van der Waals surface area contributed by atoms with Crippen LogP contribution in [0.2, 0.25) is 5.02 Å². The Hall–Kier alpha value is -2.71. The highest BCUT2D eigenvalue weighted by atomic mass is 35.5. The van der Waals surface area contributed by atoms with Crippen molar-refractivity contribution in [3.8, 4) is 0 Å². The summed E-state index contributed by atoms with van der Waals surface area (Å²) in [7, 11) is 4.08. The van der Waals surface area contributed by atoms with Gasteiger partial charge in [-0.15, -0.1) is 0 Å². The van der Waals surface area contributed by atoms with Gasteiger partial charge in [0, 0.05) is 48.8 Å². The Morgan fingerprint density at radius 1 is 0.914 bits per heavy atom. The third-order valence-electron chi connectivity index (χ3n) is 17.3. The van der Waals surface area contributed by atoms with E-state index in [0.29, 0.717) is 48.1 Å². The van der Waals surface area contributed by atoms with Gasteiger partial charge in [0.25, 0.3) is 0 Å². The molecule has 1 aromatic carbocycles. The molecule has 0 heterocycles. The molecule has 5 aliphatic rings. The quantitative estimate of drug-likeness (QED) is 0.209. The fourth-order valence-corrected chi connectivity index (χ4v) is 14.2. The first kappa shape index (κ1) is 44.8. The molecule has 1 N–H and O–H groups in total. The lowest BCUT2D eigenvalue weighted by Gasteiger charge is -2.72. The average Bonchev–Trinajstić information content (AvgIpc) is 3.40. The van der Waals surface area contributed by atoms with Crippen LogP contribution in [-0.2, 0) is 37.0 Å².